The van der Waals surface area contributed by atoms with Gasteiger partial charge >= 0.3 is 114 Å². The van der Waals surface area contributed by atoms with Crippen LogP contribution < -0.4 is 0 Å². The van der Waals surface area contributed by atoms with Gasteiger partial charge in [-0.3, -0.25) is 0 Å². The number of hydrogen-bond donors (Lipinski definition) is 0. The van der Waals surface area contributed by atoms with Crippen LogP contribution in [0.25, 0.3) is 0 Å². The van der Waals surface area contributed by atoms with Crippen LogP contribution in [0.2, 0.25) is 0 Å². The summed E-state index contributed by atoms with van der Waals surface area (Å²) >= 11 is 12.1. The van der Waals surface area contributed by atoms with Crippen molar-refractivity contribution in [2.24, 2.45) is 0 Å². The summed E-state index contributed by atoms with van der Waals surface area (Å²) in [6, 6.07) is 10.6. The first-order valence-corrected chi connectivity index (χ1v) is 39.1. The quantitative estimate of drug-likeness (QED) is 0.204. The third-order valence-corrected chi connectivity index (χ3v) is 7.51. The third kappa shape index (κ3) is 59.8. The van der Waals surface area contributed by atoms with Crippen LogP contribution >= 0.6 is 114 Å². The van der Waals surface area contributed by atoms with Crippen LogP contribution in [-0.2, 0) is 14.4 Å². The summed E-state index contributed by atoms with van der Waals surface area (Å²) in [5.41, 5.74) is 1.45. The van der Waals surface area contributed by atoms with Gasteiger partial charge in [-0.2, -0.15) is 0 Å². The number of rotatable bonds is 5. The fourth-order valence-electron chi connectivity index (χ4n) is 1.69. The molecule has 0 saturated carbocycles. The summed E-state index contributed by atoms with van der Waals surface area (Å²) < 4.78 is 0. The minimum absolute atomic E-state index is 0. The van der Waals surface area contributed by atoms with Gasteiger partial charge in [0, 0.05) is 54.5 Å². The Balaban J connectivity index is -0.0000000691. The Hall–Kier alpha value is 4.90. The van der Waals surface area contributed by atoms with Gasteiger partial charge in [-0.25, -0.2) is 0 Å². The zero-order valence-corrected chi connectivity index (χ0v) is 35.8. The van der Waals surface area contributed by atoms with Crippen LogP contribution in [0.5, 0.6) is 0 Å². The number of benzene rings is 1. The zero-order chi connectivity index (χ0) is 24.8. The van der Waals surface area contributed by atoms with Gasteiger partial charge in [0.2, 0.25) is 0 Å². The summed E-state index contributed by atoms with van der Waals surface area (Å²) in [6.45, 7) is 23.2. The van der Waals surface area contributed by atoms with Gasteiger partial charge < -0.3 is 0 Å². The van der Waals surface area contributed by atoms with Gasteiger partial charge in [0.25, 0.3) is 0 Å². The Labute approximate surface area is 273 Å². The van der Waals surface area contributed by atoms with Crippen LogP contribution in [0.4, 0.5) is 0 Å². The average Bonchev–Trinajstić information content (AvgIpc) is 2.61. The van der Waals surface area contributed by atoms with Gasteiger partial charge in [0.15, 0.2) is 0 Å². The molecule has 197 valence electrons. The molecule has 0 spiro atoms. The summed E-state index contributed by atoms with van der Waals surface area (Å²) in [5.74, 6) is 0.709. The zero-order valence-electron chi connectivity index (χ0n) is 20.5. The van der Waals surface area contributed by atoms with E-state index in [1.807, 2.05) is 0 Å². The van der Waals surface area contributed by atoms with E-state index in [1.54, 1.807) is 0 Å². The molecule has 0 N–H and O–H groups in total. The molecule has 1 aromatic carbocycles. The molecule has 0 aliphatic heterocycles. The van der Waals surface area contributed by atoms with Crippen LogP contribution in [0, 0.1) is 0 Å². The van der Waals surface area contributed by atoms with Crippen LogP contribution in [-0.4, -0.2) is 52.3 Å². The minimum atomic E-state index is -0.416. The first-order valence-electron chi connectivity index (χ1n) is 9.97. The Morgan fingerprint density at radius 3 is 1.28 bits per heavy atom. The molecule has 0 aromatic heterocycles. The molecule has 0 bridgehead atoms. The van der Waals surface area contributed by atoms with Crippen LogP contribution in [0.15, 0.2) is 30.3 Å². The second-order valence-corrected chi connectivity index (χ2v) is 66.0. The van der Waals surface area contributed by atoms with Crippen molar-refractivity contribution in [3.8, 4) is 0 Å². The molecule has 32 heavy (non-hydrogen) atoms. The van der Waals surface area contributed by atoms with Crippen molar-refractivity contribution in [1.82, 2.24) is 0 Å². The Kier molecular flexibility index (Phi) is 52.8. The van der Waals surface area contributed by atoms with E-state index in [0.717, 1.165) is 0 Å². The Morgan fingerprint density at radius 2 is 1.12 bits per heavy atom. The first kappa shape index (κ1) is 49.8. The molecule has 9 heteroatoms. The molecule has 0 aliphatic carbocycles. The van der Waals surface area contributed by atoms with E-state index in [1.165, 1.54) is 30.7 Å². The van der Waals surface area contributed by atoms with Crippen molar-refractivity contribution in [2.45, 2.75) is 61.3 Å². The van der Waals surface area contributed by atoms with E-state index in [9.17, 15) is 0 Å². The fourth-order valence-corrected chi connectivity index (χ4v) is 3.03. The van der Waals surface area contributed by atoms with Crippen molar-refractivity contribution in [3.05, 3.63) is 35.9 Å². The van der Waals surface area contributed by atoms with Gasteiger partial charge in [0.05, 0.1) is 12.3 Å². The molecule has 0 radical (unpaired) electrons. The van der Waals surface area contributed by atoms with Crippen molar-refractivity contribution >= 4 is 114 Å². The van der Waals surface area contributed by atoms with Crippen molar-refractivity contribution < 1.29 is 14.4 Å². The second-order valence-electron chi connectivity index (χ2n) is 8.60. The Bertz CT molecular complexity index is 437. The molecule has 0 aliphatic rings. The average molecular weight is 1130 g/mol. The SMILES string of the molecule is C.C.CCC(C)c1ccccc1.CCC[P+](C)(C)C.CC[P+](C)(C)C.[I][V]([I])[I].[I][V][I]. The normalized spacial score (nSPS) is 10.5. The van der Waals surface area contributed by atoms with Gasteiger partial charge in [-0.15, -0.1) is 0 Å². The topological polar surface area (TPSA) is 0 Å². The predicted molar refractivity (Wildman–Crippen MR) is 204 cm³/mol. The fraction of sp³-hybridized carbons (Fsp3) is 0.739. The van der Waals surface area contributed by atoms with Gasteiger partial charge in [0.1, 0.15) is 0 Å². The molecule has 0 nitrogen and oxygen atoms in total. The van der Waals surface area contributed by atoms with E-state index in [4.69, 9.17) is 0 Å². The molecule has 1 rings (SSSR count). The van der Waals surface area contributed by atoms with E-state index < -0.39 is 14.5 Å². The van der Waals surface area contributed by atoms with E-state index in [-0.39, 0.29) is 19.8 Å². The summed E-state index contributed by atoms with van der Waals surface area (Å²) in [6.07, 6.45) is 5.42. The predicted octanol–water partition coefficient (Wildman–Crippen LogP) is 13.1. The number of halogens is 5. The molecule has 0 fully saturated rings. The number of hydrogen-bond acceptors (Lipinski definition) is 0. The third-order valence-electron chi connectivity index (χ3n) is 3.82. The second kappa shape index (κ2) is 33.9. The Morgan fingerprint density at radius 1 is 0.812 bits per heavy atom. The molecule has 1 aromatic rings. The van der Waals surface area contributed by atoms with E-state index in [0.29, 0.717) is 15.4 Å². The summed E-state index contributed by atoms with van der Waals surface area (Å²) in [5, 5.41) is 0. The molecule has 0 amide bonds. The molecule has 1 atom stereocenters. The standard InChI is InChI=1S/C10H14.C6H16P.C5H14P.2CH4.5HI.2V/c1-3-9(2)10-7-5-4-6-8-10;1-5-6-7(2,3)4;1-5-6(2,3)4;;;;;;;;;/h4-9H,3H2,1-2H3;5-6H2,1-4H3;5H2,1-4H3;2*1H4;5*1H;;/q;2*+1;;;;;;;;+2;+3/p-5. The van der Waals surface area contributed by atoms with Gasteiger partial charge in [-0.1, -0.05) is 66.0 Å². The molecule has 0 saturated heterocycles. The van der Waals surface area contributed by atoms with Crippen LogP contribution in [0.1, 0.15) is 66.9 Å². The van der Waals surface area contributed by atoms with Crippen molar-refractivity contribution in [2.75, 3.05) is 52.3 Å². The molecule has 1 unspecified atom stereocenters. The maximum absolute atomic E-state index is 2.46. The van der Waals surface area contributed by atoms with Crippen LogP contribution in [0.3, 0.4) is 0 Å². The van der Waals surface area contributed by atoms with Crippen molar-refractivity contribution in [3.63, 3.8) is 0 Å². The molecule has 0 heterocycles. The molecular formula is C23H52I5P2V2+2. The monoisotopic (exact) mass is 1130 g/mol. The summed E-state index contributed by atoms with van der Waals surface area (Å²) in [7, 11) is -0.185. The summed E-state index contributed by atoms with van der Waals surface area (Å²) in [4.78, 5) is -0.278. The van der Waals surface area contributed by atoms with E-state index in [2.05, 4.69) is 198 Å². The maximum atomic E-state index is 2.46. The first-order chi connectivity index (χ1) is 13.6. The molecular weight excluding hydrogens is 1070 g/mol. The van der Waals surface area contributed by atoms with Crippen molar-refractivity contribution in [1.29, 1.82) is 0 Å². The van der Waals surface area contributed by atoms with Gasteiger partial charge in [-0.05, 0) is 31.2 Å². The van der Waals surface area contributed by atoms with E-state index >= 15 is 0 Å².